The van der Waals surface area contributed by atoms with E-state index in [1.54, 1.807) is 0 Å². The van der Waals surface area contributed by atoms with Crippen molar-refractivity contribution in [2.45, 2.75) is 51.7 Å². The number of rotatable bonds is 4. The Kier molecular flexibility index (Phi) is 4.15. The van der Waals surface area contributed by atoms with Crippen LogP contribution in [-0.2, 0) is 4.74 Å². The molecule has 2 atom stereocenters. The maximum atomic E-state index is 10.3. The molecular weight excluding hydrogens is 190 g/mol. The van der Waals surface area contributed by atoms with E-state index in [1.807, 2.05) is 6.92 Å². The van der Waals surface area contributed by atoms with Gasteiger partial charge in [-0.1, -0.05) is 0 Å². The van der Waals surface area contributed by atoms with Crippen LogP contribution in [0.2, 0.25) is 0 Å². The molecule has 0 saturated carbocycles. The molecule has 3 heteroatoms. The lowest BCUT2D eigenvalue weighted by molar-refractivity contribution is -0.0127. The standard InChI is InChI=1S/C12H25NO2/c1-11(2,3)13-7-6-12(4,14)10-5-8-15-9-10/h10,13-14H,5-9H2,1-4H3. The van der Waals surface area contributed by atoms with Crippen molar-refractivity contribution < 1.29 is 9.84 Å². The van der Waals surface area contributed by atoms with Crippen molar-refractivity contribution in [1.82, 2.24) is 5.32 Å². The van der Waals surface area contributed by atoms with Crippen LogP contribution in [0.1, 0.15) is 40.5 Å². The monoisotopic (exact) mass is 215 g/mol. The topological polar surface area (TPSA) is 41.5 Å². The van der Waals surface area contributed by atoms with Gasteiger partial charge >= 0.3 is 0 Å². The van der Waals surface area contributed by atoms with Crippen LogP contribution >= 0.6 is 0 Å². The Morgan fingerprint density at radius 1 is 1.33 bits per heavy atom. The van der Waals surface area contributed by atoms with Gasteiger partial charge in [-0.3, -0.25) is 0 Å². The average Bonchev–Trinajstić information content (AvgIpc) is 2.52. The molecule has 1 fully saturated rings. The Morgan fingerprint density at radius 2 is 2.00 bits per heavy atom. The molecule has 0 aromatic carbocycles. The van der Waals surface area contributed by atoms with Gasteiger partial charge in [-0.25, -0.2) is 0 Å². The Hall–Kier alpha value is -0.120. The number of hydrogen-bond donors (Lipinski definition) is 2. The van der Waals surface area contributed by atoms with E-state index in [2.05, 4.69) is 26.1 Å². The molecule has 0 aliphatic carbocycles. The van der Waals surface area contributed by atoms with Gasteiger partial charge in [0.05, 0.1) is 12.2 Å². The summed E-state index contributed by atoms with van der Waals surface area (Å²) in [6.45, 7) is 10.7. The van der Waals surface area contributed by atoms with Crippen molar-refractivity contribution in [3.8, 4) is 0 Å². The molecule has 1 heterocycles. The normalized spacial score (nSPS) is 26.6. The molecule has 0 radical (unpaired) electrons. The Morgan fingerprint density at radius 3 is 2.47 bits per heavy atom. The third-order valence-corrected chi connectivity index (χ3v) is 3.10. The van der Waals surface area contributed by atoms with Crippen LogP contribution in [0.25, 0.3) is 0 Å². The van der Waals surface area contributed by atoms with Gasteiger partial charge in [-0.2, -0.15) is 0 Å². The van der Waals surface area contributed by atoms with Crippen molar-refractivity contribution in [3.05, 3.63) is 0 Å². The van der Waals surface area contributed by atoms with Gasteiger partial charge in [0.1, 0.15) is 0 Å². The Labute approximate surface area is 93.2 Å². The zero-order valence-electron chi connectivity index (χ0n) is 10.5. The molecule has 0 aromatic rings. The molecular formula is C12H25NO2. The maximum absolute atomic E-state index is 10.3. The van der Waals surface area contributed by atoms with Crippen LogP contribution in [0.4, 0.5) is 0 Å². The smallest absolute Gasteiger partial charge is 0.0682 e. The van der Waals surface area contributed by atoms with Gasteiger partial charge in [0.2, 0.25) is 0 Å². The van der Waals surface area contributed by atoms with E-state index in [-0.39, 0.29) is 5.54 Å². The van der Waals surface area contributed by atoms with Crippen molar-refractivity contribution >= 4 is 0 Å². The first kappa shape index (κ1) is 12.9. The third-order valence-electron chi connectivity index (χ3n) is 3.10. The van der Waals surface area contributed by atoms with Crippen molar-refractivity contribution in [2.24, 2.45) is 5.92 Å². The van der Waals surface area contributed by atoms with Gasteiger partial charge < -0.3 is 15.2 Å². The number of nitrogens with one attached hydrogen (secondary N) is 1. The van der Waals surface area contributed by atoms with E-state index < -0.39 is 5.60 Å². The molecule has 1 saturated heterocycles. The summed E-state index contributed by atoms with van der Waals surface area (Å²) < 4.78 is 5.31. The zero-order chi connectivity index (χ0) is 11.5. The Bertz CT molecular complexity index is 190. The molecule has 1 aliphatic heterocycles. The molecule has 2 N–H and O–H groups in total. The largest absolute Gasteiger partial charge is 0.390 e. The van der Waals surface area contributed by atoms with Crippen LogP contribution < -0.4 is 5.32 Å². The minimum Gasteiger partial charge on any atom is -0.390 e. The Balaban J connectivity index is 2.29. The van der Waals surface area contributed by atoms with E-state index in [9.17, 15) is 5.11 Å². The SMILES string of the molecule is CC(C)(C)NCCC(C)(O)C1CCOC1. The van der Waals surface area contributed by atoms with Crippen LogP contribution in [0.3, 0.4) is 0 Å². The highest BCUT2D eigenvalue weighted by atomic mass is 16.5. The molecule has 2 unspecified atom stereocenters. The van der Waals surface area contributed by atoms with Crippen molar-refractivity contribution in [3.63, 3.8) is 0 Å². The van der Waals surface area contributed by atoms with Gasteiger partial charge in [0, 0.05) is 18.1 Å². The predicted octanol–water partition coefficient (Wildman–Crippen LogP) is 1.55. The number of aliphatic hydroxyl groups is 1. The van der Waals surface area contributed by atoms with Crippen molar-refractivity contribution in [2.75, 3.05) is 19.8 Å². The molecule has 1 rings (SSSR count). The number of hydrogen-bond acceptors (Lipinski definition) is 3. The molecule has 3 nitrogen and oxygen atoms in total. The number of ether oxygens (including phenoxy) is 1. The first-order chi connectivity index (χ1) is 6.81. The fraction of sp³-hybridized carbons (Fsp3) is 1.00. The van der Waals surface area contributed by atoms with Crippen LogP contribution in [0.15, 0.2) is 0 Å². The molecule has 0 spiro atoms. The average molecular weight is 215 g/mol. The van der Waals surface area contributed by atoms with Gasteiger partial charge in [0.25, 0.3) is 0 Å². The second kappa shape index (κ2) is 4.81. The van der Waals surface area contributed by atoms with E-state index in [4.69, 9.17) is 4.74 Å². The summed E-state index contributed by atoms with van der Waals surface area (Å²) >= 11 is 0. The highest BCUT2D eigenvalue weighted by molar-refractivity contribution is 4.86. The summed E-state index contributed by atoms with van der Waals surface area (Å²) in [5.41, 5.74) is -0.461. The highest BCUT2D eigenvalue weighted by Crippen LogP contribution is 2.28. The lowest BCUT2D eigenvalue weighted by Crippen LogP contribution is -2.42. The van der Waals surface area contributed by atoms with Crippen LogP contribution in [0.5, 0.6) is 0 Å². The van der Waals surface area contributed by atoms with E-state index in [0.29, 0.717) is 12.5 Å². The lowest BCUT2D eigenvalue weighted by Gasteiger charge is -2.31. The summed E-state index contributed by atoms with van der Waals surface area (Å²) in [6, 6.07) is 0. The molecule has 1 aliphatic rings. The summed E-state index contributed by atoms with van der Waals surface area (Å²) in [4.78, 5) is 0. The molecule has 90 valence electrons. The summed E-state index contributed by atoms with van der Waals surface area (Å²) in [5.74, 6) is 0.305. The van der Waals surface area contributed by atoms with Crippen LogP contribution in [0, 0.1) is 5.92 Å². The molecule has 0 aromatic heterocycles. The summed E-state index contributed by atoms with van der Waals surface area (Å²) in [7, 11) is 0. The minimum atomic E-state index is -0.589. The van der Waals surface area contributed by atoms with Crippen molar-refractivity contribution in [1.29, 1.82) is 0 Å². The van der Waals surface area contributed by atoms with Gasteiger partial charge in [-0.05, 0) is 47.1 Å². The first-order valence-corrected chi connectivity index (χ1v) is 5.86. The zero-order valence-corrected chi connectivity index (χ0v) is 10.5. The van der Waals surface area contributed by atoms with E-state index in [0.717, 1.165) is 26.0 Å². The lowest BCUT2D eigenvalue weighted by atomic mass is 9.85. The first-order valence-electron chi connectivity index (χ1n) is 5.86. The minimum absolute atomic E-state index is 0.127. The van der Waals surface area contributed by atoms with Gasteiger partial charge in [0.15, 0.2) is 0 Å². The molecule has 0 amide bonds. The summed E-state index contributed by atoms with van der Waals surface area (Å²) in [5, 5.41) is 13.7. The predicted molar refractivity (Wildman–Crippen MR) is 61.9 cm³/mol. The molecule has 0 bridgehead atoms. The van der Waals surface area contributed by atoms with E-state index in [1.165, 1.54) is 0 Å². The maximum Gasteiger partial charge on any atom is 0.0682 e. The second-order valence-electron chi connectivity index (χ2n) is 5.84. The van der Waals surface area contributed by atoms with E-state index >= 15 is 0 Å². The quantitative estimate of drug-likeness (QED) is 0.747. The third kappa shape index (κ3) is 4.49. The fourth-order valence-corrected chi connectivity index (χ4v) is 1.92. The second-order valence-corrected chi connectivity index (χ2v) is 5.84. The van der Waals surface area contributed by atoms with Crippen LogP contribution in [-0.4, -0.2) is 36.0 Å². The fourth-order valence-electron chi connectivity index (χ4n) is 1.92. The molecule has 15 heavy (non-hydrogen) atoms. The summed E-state index contributed by atoms with van der Waals surface area (Å²) in [6.07, 6.45) is 1.78. The highest BCUT2D eigenvalue weighted by Gasteiger charge is 2.34. The van der Waals surface area contributed by atoms with Gasteiger partial charge in [-0.15, -0.1) is 0 Å².